The van der Waals surface area contributed by atoms with Gasteiger partial charge < -0.3 is 26.8 Å². The van der Waals surface area contributed by atoms with E-state index in [2.05, 4.69) is 57.7 Å². The van der Waals surface area contributed by atoms with Crippen molar-refractivity contribution in [2.75, 3.05) is 24.7 Å². The van der Waals surface area contributed by atoms with Crippen molar-refractivity contribution in [2.24, 2.45) is 5.73 Å². The molecular formula is C22H34N8O. The molecule has 0 aliphatic heterocycles. The summed E-state index contributed by atoms with van der Waals surface area (Å²) in [6.07, 6.45) is 5.62. The lowest BCUT2D eigenvalue weighted by Gasteiger charge is -2.16. The zero-order valence-electron chi connectivity index (χ0n) is 18.7. The van der Waals surface area contributed by atoms with Crippen molar-refractivity contribution >= 4 is 22.8 Å². The summed E-state index contributed by atoms with van der Waals surface area (Å²) >= 11 is 0. The third-order valence-electron chi connectivity index (χ3n) is 5.14. The van der Waals surface area contributed by atoms with Crippen molar-refractivity contribution in [3.63, 3.8) is 0 Å². The summed E-state index contributed by atoms with van der Waals surface area (Å²) in [6, 6.07) is 6.27. The molecule has 0 saturated heterocycles. The number of nitrogens with two attached hydrogens (primary N) is 2. The minimum Gasteiger partial charge on any atom is -0.496 e. The van der Waals surface area contributed by atoms with Gasteiger partial charge in [-0.05, 0) is 31.0 Å². The maximum Gasteiger partial charge on any atom is 0.222 e. The van der Waals surface area contributed by atoms with Gasteiger partial charge in [0.2, 0.25) is 5.95 Å². The molecule has 1 atom stereocenters. The first-order chi connectivity index (χ1) is 15.0. The molecular weight excluding hydrogens is 392 g/mol. The predicted octanol–water partition coefficient (Wildman–Crippen LogP) is 2.85. The highest BCUT2D eigenvalue weighted by Gasteiger charge is 2.16. The first-order valence-electron chi connectivity index (χ1n) is 10.9. The van der Waals surface area contributed by atoms with E-state index in [-0.39, 0.29) is 12.1 Å². The number of unbranched alkanes of at least 4 members (excludes halogenated alkanes) is 1. The van der Waals surface area contributed by atoms with Crippen LogP contribution in [0.15, 0.2) is 24.4 Å². The minimum absolute atomic E-state index is 0.191. The van der Waals surface area contributed by atoms with E-state index >= 15 is 0 Å². The number of anilines is 2. The number of ether oxygens (including phenoxy) is 1. The van der Waals surface area contributed by atoms with Crippen LogP contribution >= 0.6 is 0 Å². The molecule has 1 aromatic carbocycles. The van der Waals surface area contributed by atoms with E-state index in [4.69, 9.17) is 16.2 Å². The van der Waals surface area contributed by atoms with E-state index in [1.165, 1.54) is 18.4 Å². The number of aromatic nitrogens is 4. The Bertz CT molecular complexity index is 987. The number of hydrogen-bond acceptors (Lipinski definition) is 8. The van der Waals surface area contributed by atoms with Crippen LogP contribution in [-0.2, 0) is 13.1 Å². The van der Waals surface area contributed by atoms with Crippen molar-refractivity contribution < 1.29 is 4.74 Å². The first-order valence-corrected chi connectivity index (χ1v) is 10.9. The van der Waals surface area contributed by atoms with Crippen LogP contribution in [0, 0.1) is 0 Å². The van der Waals surface area contributed by atoms with Crippen molar-refractivity contribution in [3.05, 3.63) is 35.5 Å². The Kier molecular flexibility index (Phi) is 8.02. The maximum absolute atomic E-state index is 6.18. The number of rotatable bonds is 12. The lowest BCUT2D eigenvalue weighted by atomic mass is 10.1. The van der Waals surface area contributed by atoms with E-state index in [1.54, 1.807) is 13.3 Å². The van der Waals surface area contributed by atoms with E-state index in [0.717, 1.165) is 42.8 Å². The van der Waals surface area contributed by atoms with Gasteiger partial charge in [-0.1, -0.05) is 38.8 Å². The van der Waals surface area contributed by atoms with E-state index in [9.17, 15) is 0 Å². The summed E-state index contributed by atoms with van der Waals surface area (Å²) in [7, 11) is 1.69. The highest BCUT2D eigenvalue weighted by molar-refractivity contribution is 5.86. The fourth-order valence-electron chi connectivity index (χ4n) is 3.52. The van der Waals surface area contributed by atoms with Crippen molar-refractivity contribution in [3.8, 4) is 5.75 Å². The summed E-state index contributed by atoms with van der Waals surface area (Å²) in [5, 5.41) is 11.2. The average molecular weight is 427 g/mol. The van der Waals surface area contributed by atoms with Gasteiger partial charge in [0.1, 0.15) is 16.8 Å². The van der Waals surface area contributed by atoms with Crippen LogP contribution in [0.25, 0.3) is 11.0 Å². The molecule has 0 fully saturated rings. The second kappa shape index (κ2) is 10.9. The van der Waals surface area contributed by atoms with Gasteiger partial charge in [0, 0.05) is 12.1 Å². The zero-order chi connectivity index (χ0) is 22.2. The van der Waals surface area contributed by atoms with E-state index in [0.29, 0.717) is 17.9 Å². The monoisotopic (exact) mass is 426 g/mol. The molecule has 3 aromatic rings. The van der Waals surface area contributed by atoms with Gasteiger partial charge in [-0.2, -0.15) is 10.1 Å². The zero-order valence-corrected chi connectivity index (χ0v) is 18.7. The molecule has 168 valence electrons. The molecule has 1 unspecified atom stereocenters. The van der Waals surface area contributed by atoms with Gasteiger partial charge in [-0.3, -0.25) is 4.68 Å². The lowest BCUT2D eigenvalue weighted by molar-refractivity contribution is 0.407. The van der Waals surface area contributed by atoms with Gasteiger partial charge in [-0.25, -0.2) is 4.98 Å². The Labute approximate surface area is 183 Å². The van der Waals surface area contributed by atoms with Crippen molar-refractivity contribution in [2.45, 2.75) is 58.8 Å². The number of nitrogen functional groups attached to an aromatic ring is 1. The molecule has 0 saturated carbocycles. The van der Waals surface area contributed by atoms with Crippen molar-refractivity contribution in [1.82, 2.24) is 25.1 Å². The largest absolute Gasteiger partial charge is 0.496 e. The van der Waals surface area contributed by atoms with Gasteiger partial charge in [0.15, 0.2) is 5.82 Å². The van der Waals surface area contributed by atoms with Crippen LogP contribution in [0.2, 0.25) is 0 Å². The molecule has 2 aromatic heterocycles. The quantitative estimate of drug-likeness (QED) is 0.257. The molecule has 6 N–H and O–H groups in total. The summed E-state index contributed by atoms with van der Waals surface area (Å²) < 4.78 is 7.52. The smallest absolute Gasteiger partial charge is 0.222 e. The SMILES string of the molecule is CCCCNCc1ccc(Cn2ncc3nc(N)nc(NC(N)CCC)c32)c(OC)c1. The van der Waals surface area contributed by atoms with Crippen LogP contribution in [0.3, 0.4) is 0 Å². The summed E-state index contributed by atoms with van der Waals surface area (Å²) in [6.45, 7) is 6.62. The summed E-state index contributed by atoms with van der Waals surface area (Å²) in [4.78, 5) is 8.70. The predicted molar refractivity (Wildman–Crippen MR) is 125 cm³/mol. The standard InChI is InChI=1S/C22H34N8O/c1-4-6-10-25-12-15-8-9-16(18(11-15)31-3)14-30-20-17(13-26-30)27-22(24)29-21(20)28-19(23)7-5-2/h8-9,11,13,19,25H,4-7,10,12,14,23H2,1-3H3,(H3,24,27,28,29). The highest BCUT2D eigenvalue weighted by atomic mass is 16.5. The van der Waals surface area contributed by atoms with Gasteiger partial charge >= 0.3 is 0 Å². The summed E-state index contributed by atoms with van der Waals surface area (Å²) in [5.74, 6) is 1.61. The fraction of sp³-hybridized carbons (Fsp3) is 0.500. The minimum atomic E-state index is -0.222. The molecule has 2 heterocycles. The topological polar surface area (TPSA) is 129 Å². The third kappa shape index (κ3) is 5.83. The van der Waals surface area contributed by atoms with Gasteiger partial charge in [-0.15, -0.1) is 0 Å². The Balaban J connectivity index is 1.85. The van der Waals surface area contributed by atoms with Gasteiger partial charge in [0.25, 0.3) is 0 Å². The molecule has 0 spiro atoms. The van der Waals surface area contributed by atoms with Crippen LogP contribution in [-0.4, -0.2) is 39.6 Å². The number of nitrogens with one attached hydrogen (secondary N) is 2. The fourth-order valence-corrected chi connectivity index (χ4v) is 3.52. The molecule has 31 heavy (non-hydrogen) atoms. The molecule has 3 rings (SSSR count). The summed E-state index contributed by atoms with van der Waals surface area (Å²) in [5.41, 5.74) is 15.7. The molecule has 0 amide bonds. The Morgan fingerprint density at radius 1 is 1.19 bits per heavy atom. The average Bonchev–Trinajstić information content (AvgIpc) is 3.14. The normalized spacial score (nSPS) is 12.3. The first kappa shape index (κ1) is 22.8. The van der Waals surface area contributed by atoms with Crippen LogP contribution in [0.1, 0.15) is 50.7 Å². The molecule has 0 aliphatic rings. The van der Waals surface area contributed by atoms with Crippen LogP contribution < -0.4 is 26.8 Å². The number of fused-ring (bicyclic) bond motifs is 1. The maximum atomic E-state index is 6.18. The number of benzene rings is 1. The lowest BCUT2D eigenvalue weighted by Crippen LogP contribution is -2.30. The second-order valence-electron chi connectivity index (χ2n) is 7.68. The third-order valence-corrected chi connectivity index (χ3v) is 5.14. The van der Waals surface area contributed by atoms with Gasteiger partial charge in [0.05, 0.1) is 26.0 Å². The Morgan fingerprint density at radius 3 is 2.77 bits per heavy atom. The van der Waals surface area contributed by atoms with Crippen molar-refractivity contribution in [1.29, 1.82) is 0 Å². The molecule has 0 radical (unpaired) electrons. The number of methoxy groups -OCH3 is 1. The molecule has 0 aliphatic carbocycles. The molecule has 9 nitrogen and oxygen atoms in total. The molecule has 0 bridgehead atoms. The van der Waals surface area contributed by atoms with Crippen LogP contribution in [0.5, 0.6) is 5.75 Å². The second-order valence-corrected chi connectivity index (χ2v) is 7.68. The number of hydrogen-bond donors (Lipinski definition) is 4. The van der Waals surface area contributed by atoms with E-state index in [1.807, 2.05) is 4.68 Å². The Morgan fingerprint density at radius 2 is 2.03 bits per heavy atom. The Hall–Kier alpha value is -2.91. The number of nitrogens with zero attached hydrogens (tertiary/aromatic N) is 4. The highest BCUT2D eigenvalue weighted by Crippen LogP contribution is 2.26. The molecule has 9 heteroatoms. The van der Waals surface area contributed by atoms with E-state index < -0.39 is 0 Å². The van der Waals surface area contributed by atoms with Crippen LogP contribution in [0.4, 0.5) is 11.8 Å².